The van der Waals surface area contributed by atoms with Crippen molar-refractivity contribution in [2.24, 2.45) is 0 Å². The predicted octanol–water partition coefficient (Wildman–Crippen LogP) is 1.02. The highest BCUT2D eigenvalue weighted by Gasteiger charge is 2.28. The molecule has 0 aromatic heterocycles. The van der Waals surface area contributed by atoms with Crippen LogP contribution in [0.4, 0.5) is 13.2 Å². The van der Waals surface area contributed by atoms with Crippen molar-refractivity contribution in [3.8, 4) is 0 Å². The molecule has 1 N–H and O–H groups in total. The molecule has 0 aliphatic heterocycles. The summed E-state index contributed by atoms with van der Waals surface area (Å²) in [5.74, 6) is -0.467. The van der Waals surface area contributed by atoms with Crippen molar-refractivity contribution in [2.75, 3.05) is 33.8 Å². The third-order valence-electron chi connectivity index (χ3n) is 2.21. The van der Waals surface area contributed by atoms with Gasteiger partial charge in [-0.2, -0.15) is 13.2 Å². The maximum absolute atomic E-state index is 12.0. The standard InChI is InChI=1S/C10H19F3N2O2/c1-4-14-8(9(16)17-3)7-15(2)6-5-10(11,12)13/h8,14H,4-7H2,1-3H3. The molecule has 0 fully saturated rings. The Hall–Kier alpha value is -0.820. The lowest BCUT2D eigenvalue weighted by molar-refractivity contribution is -0.144. The smallest absolute Gasteiger partial charge is 0.390 e. The minimum Gasteiger partial charge on any atom is -0.468 e. The van der Waals surface area contributed by atoms with Gasteiger partial charge in [0.1, 0.15) is 6.04 Å². The van der Waals surface area contributed by atoms with Gasteiger partial charge in [0.25, 0.3) is 0 Å². The van der Waals surface area contributed by atoms with E-state index in [0.29, 0.717) is 6.54 Å². The second kappa shape index (κ2) is 7.50. The van der Waals surface area contributed by atoms with Gasteiger partial charge >= 0.3 is 12.1 Å². The molecule has 0 spiro atoms. The number of carbonyl (C=O) groups excluding carboxylic acids is 1. The van der Waals surface area contributed by atoms with Gasteiger partial charge in [0, 0.05) is 13.1 Å². The Bertz CT molecular complexity index is 234. The number of alkyl halides is 3. The highest BCUT2D eigenvalue weighted by Crippen LogP contribution is 2.19. The average Bonchev–Trinajstić information content (AvgIpc) is 2.24. The zero-order valence-electron chi connectivity index (χ0n) is 10.3. The van der Waals surface area contributed by atoms with Crippen LogP contribution in [0.1, 0.15) is 13.3 Å². The zero-order chi connectivity index (χ0) is 13.5. The van der Waals surface area contributed by atoms with E-state index in [-0.39, 0.29) is 13.1 Å². The Balaban J connectivity index is 4.12. The number of hydrogen-bond acceptors (Lipinski definition) is 4. The molecule has 0 rings (SSSR count). The van der Waals surface area contributed by atoms with Gasteiger partial charge < -0.3 is 15.0 Å². The Kier molecular flexibility index (Phi) is 7.13. The zero-order valence-corrected chi connectivity index (χ0v) is 10.3. The number of likely N-dealkylation sites (N-methyl/N-ethyl adjacent to an activating group) is 2. The molecule has 0 heterocycles. The highest BCUT2D eigenvalue weighted by molar-refractivity contribution is 5.75. The molecule has 1 atom stereocenters. The Labute approximate surface area is 99.1 Å². The number of hydrogen-bond donors (Lipinski definition) is 1. The third kappa shape index (κ3) is 7.98. The van der Waals surface area contributed by atoms with E-state index in [9.17, 15) is 18.0 Å². The molecule has 0 aromatic rings. The van der Waals surface area contributed by atoms with E-state index in [1.54, 1.807) is 7.05 Å². The van der Waals surface area contributed by atoms with Crippen LogP contribution in [-0.2, 0) is 9.53 Å². The van der Waals surface area contributed by atoms with Gasteiger partial charge in [-0.15, -0.1) is 0 Å². The van der Waals surface area contributed by atoms with Gasteiger partial charge in [0.05, 0.1) is 13.5 Å². The van der Waals surface area contributed by atoms with Gasteiger partial charge in [0.2, 0.25) is 0 Å². The molecular weight excluding hydrogens is 237 g/mol. The first kappa shape index (κ1) is 16.2. The van der Waals surface area contributed by atoms with Crippen LogP contribution in [0.15, 0.2) is 0 Å². The summed E-state index contributed by atoms with van der Waals surface area (Å²) in [6, 6.07) is -0.594. The van der Waals surface area contributed by atoms with E-state index in [4.69, 9.17) is 0 Å². The molecule has 0 aromatic carbocycles. The van der Waals surface area contributed by atoms with Crippen LogP contribution >= 0.6 is 0 Å². The first-order valence-electron chi connectivity index (χ1n) is 5.36. The molecule has 102 valence electrons. The van der Waals surface area contributed by atoms with Crippen molar-refractivity contribution in [2.45, 2.75) is 25.6 Å². The lowest BCUT2D eigenvalue weighted by Crippen LogP contribution is -2.46. The van der Waals surface area contributed by atoms with Gasteiger partial charge in [0.15, 0.2) is 0 Å². The minimum absolute atomic E-state index is 0.137. The van der Waals surface area contributed by atoms with Crippen molar-refractivity contribution < 1.29 is 22.7 Å². The molecule has 0 saturated carbocycles. The largest absolute Gasteiger partial charge is 0.468 e. The normalized spacial score (nSPS) is 13.8. The molecule has 1 unspecified atom stereocenters. The third-order valence-corrected chi connectivity index (χ3v) is 2.21. The van der Waals surface area contributed by atoms with Crippen LogP contribution in [0, 0.1) is 0 Å². The van der Waals surface area contributed by atoms with Gasteiger partial charge in [-0.1, -0.05) is 6.92 Å². The summed E-state index contributed by atoms with van der Waals surface area (Å²) in [7, 11) is 2.79. The van der Waals surface area contributed by atoms with Crippen molar-refractivity contribution >= 4 is 5.97 Å². The van der Waals surface area contributed by atoms with E-state index in [2.05, 4.69) is 10.1 Å². The summed E-state index contributed by atoms with van der Waals surface area (Å²) in [6.45, 7) is 2.41. The molecule has 0 bridgehead atoms. The van der Waals surface area contributed by atoms with Crippen LogP contribution in [0.3, 0.4) is 0 Å². The SMILES string of the molecule is CCNC(CN(C)CCC(F)(F)F)C(=O)OC. The summed E-state index contributed by atoms with van der Waals surface area (Å²) in [6.07, 6.45) is -5.06. The van der Waals surface area contributed by atoms with Crippen LogP contribution in [0.2, 0.25) is 0 Å². The molecule has 0 saturated heterocycles. The Morgan fingerprint density at radius 2 is 2.06 bits per heavy atom. The maximum atomic E-state index is 12.0. The van der Waals surface area contributed by atoms with Crippen molar-refractivity contribution in [3.63, 3.8) is 0 Å². The molecule has 0 aliphatic carbocycles. The number of nitrogens with zero attached hydrogens (tertiary/aromatic N) is 1. The minimum atomic E-state index is -4.17. The van der Waals surface area contributed by atoms with Gasteiger partial charge in [-0.05, 0) is 13.6 Å². The van der Waals surface area contributed by atoms with Crippen LogP contribution in [0.25, 0.3) is 0 Å². The summed E-state index contributed by atoms with van der Waals surface area (Å²) >= 11 is 0. The average molecular weight is 256 g/mol. The number of halogens is 3. The molecule has 7 heteroatoms. The van der Waals surface area contributed by atoms with Crippen molar-refractivity contribution in [3.05, 3.63) is 0 Å². The molecule has 4 nitrogen and oxygen atoms in total. The second-order valence-electron chi connectivity index (χ2n) is 3.76. The van der Waals surface area contributed by atoms with E-state index in [1.807, 2.05) is 6.92 Å². The number of esters is 1. The number of ether oxygens (including phenoxy) is 1. The summed E-state index contributed by atoms with van der Waals surface area (Å²) < 4.78 is 40.5. The van der Waals surface area contributed by atoms with E-state index in [1.165, 1.54) is 12.0 Å². The number of nitrogens with one attached hydrogen (secondary N) is 1. The summed E-state index contributed by atoms with van der Waals surface area (Å²) in [5, 5.41) is 2.86. The van der Waals surface area contributed by atoms with Crippen molar-refractivity contribution in [1.82, 2.24) is 10.2 Å². The summed E-state index contributed by atoms with van der Waals surface area (Å²) in [4.78, 5) is 12.8. The van der Waals surface area contributed by atoms with Crippen LogP contribution < -0.4 is 5.32 Å². The second-order valence-corrected chi connectivity index (χ2v) is 3.76. The Morgan fingerprint density at radius 3 is 2.47 bits per heavy atom. The molecule has 0 radical (unpaired) electrons. The van der Waals surface area contributed by atoms with Crippen molar-refractivity contribution in [1.29, 1.82) is 0 Å². The lowest BCUT2D eigenvalue weighted by Gasteiger charge is -2.23. The molecule has 0 amide bonds. The fourth-order valence-electron chi connectivity index (χ4n) is 1.33. The highest BCUT2D eigenvalue weighted by atomic mass is 19.4. The number of methoxy groups -OCH3 is 1. The fourth-order valence-corrected chi connectivity index (χ4v) is 1.33. The molecule has 17 heavy (non-hydrogen) atoms. The lowest BCUT2D eigenvalue weighted by atomic mass is 10.2. The fraction of sp³-hybridized carbons (Fsp3) is 0.900. The van der Waals surface area contributed by atoms with Crippen LogP contribution in [-0.4, -0.2) is 56.9 Å². The summed E-state index contributed by atoms with van der Waals surface area (Å²) in [5.41, 5.74) is 0. The number of carbonyl (C=O) groups is 1. The molecular formula is C10H19F3N2O2. The van der Waals surface area contributed by atoms with Gasteiger partial charge in [-0.25, -0.2) is 0 Å². The first-order valence-corrected chi connectivity index (χ1v) is 5.36. The predicted molar refractivity (Wildman–Crippen MR) is 57.6 cm³/mol. The topological polar surface area (TPSA) is 41.6 Å². The quantitative estimate of drug-likeness (QED) is 0.691. The van der Waals surface area contributed by atoms with Crippen LogP contribution in [0.5, 0.6) is 0 Å². The van der Waals surface area contributed by atoms with Gasteiger partial charge in [-0.3, -0.25) is 4.79 Å². The first-order chi connectivity index (χ1) is 7.80. The number of rotatable bonds is 7. The Morgan fingerprint density at radius 1 is 1.47 bits per heavy atom. The van der Waals surface area contributed by atoms with E-state index < -0.39 is 24.6 Å². The monoisotopic (exact) mass is 256 g/mol. The van der Waals surface area contributed by atoms with E-state index in [0.717, 1.165) is 0 Å². The maximum Gasteiger partial charge on any atom is 0.390 e. The molecule has 0 aliphatic rings. The van der Waals surface area contributed by atoms with E-state index >= 15 is 0 Å².